The largest absolute Gasteiger partial charge is 0.353 e. The Labute approximate surface area is 102 Å². The van der Waals surface area contributed by atoms with Gasteiger partial charge in [-0.2, -0.15) is 0 Å². The number of hydrogen-bond donors (Lipinski definition) is 0. The summed E-state index contributed by atoms with van der Waals surface area (Å²) in [7, 11) is 0. The van der Waals surface area contributed by atoms with Crippen molar-refractivity contribution in [2.24, 2.45) is 0 Å². The van der Waals surface area contributed by atoms with E-state index in [1.807, 2.05) is 4.90 Å². The van der Waals surface area contributed by atoms with Crippen molar-refractivity contribution >= 4 is 33.3 Å². The molecule has 0 N–H and O–H groups in total. The Hall–Kier alpha value is -0.350. The minimum Gasteiger partial charge on any atom is -0.353 e. The highest BCUT2D eigenvalue weighted by molar-refractivity contribution is 9.09. The summed E-state index contributed by atoms with van der Waals surface area (Å²) in [4.78, 5) is 6.41. The van der Waals surface area contributed by atoms with Crippen LogP contribution in [0.1, 0.15) is 12.8 Å². The topological polar surface area (TPSA) is 16.1 Å². The lowest BCUT2D eigenvalue weighted by Gasteiger charge is -2.31. The first kappa shape index (κ1) is 11.1. The Morgan fingerprint density at radius 1 is 1.60 bits per heavy atom. The lowest BCUT2D eigenvalue weighted by atomic mass is 10.1. The fraction of sp³-hybridized carbons (Fsp3) is 0.500. The van der Waals surface area contributed by atoms with E-state index in [4.69, 9.17) is 11.6 Å². The zero-order valence-electron chi connectivity index (χ0n) is 8.09. The molecule has 1 aromatic rings. The summed E-state index contributed by atoms with van der Waals surface area (Å²) in [5, 5.41) is 0.337. The lowest BCUT2D eigenvalue weighted by molar-refractivity contribution is 0.561. The van der Waals surface area contributed by atoms with Crippen LogP contribution in [0.3, 0.4) is 0 Å². The molecule has 0 aromatic carbocycles. The number of pyridine rings is 1. The van der Waals surface area contributed by atoms with Crippen LogP contribution in [0.4, 0.5) is 10.2 Å². The van der Waals surface area contributed by atoms with E-state index in [2.05, 4.69) is 20.9 Å². The predicted molar refractivity (Wildman–Crippen MR) is 63.4 cm³/mol. The molecule has 5 heteroatoms. The van der Waals surface area contributed by atoms with Crippen molar-refractivity contribution in [3.05, 3.63) is 23.1 Å². The third-order valence-corrected chi connectivity index (χ3v) is 3.41. The highest BCUT2D eigenvalue weighted by atomic mass is 79.9. The molecule has 1 saturated heterocycles. The van der Waals surface area contributed by atoms with E-state index in [1.165, 1.54) is 12.3 Å². The number of anilines is 1. The molecular formula is C10H11BrClFN2. The van der Waals surface area contributed by atoms with Crippen LogP contribution in [0.15, 0.2) is 12.3 Å². The van der Waals surface area contributed by atoms with Crippen molar-refractivity contribution in [1.29, 1.82) is 0 Å². The second-order valence-electron chi connectivity index (χ2n) is 3.64. The van der Waals surface area contributed by atoms with Crippen molar-refractivity contribution in [1.82, 2.24) is 4.98 Å². The van der Waals surface area contributed by atoms with Crippen molar-refractivity contribution in [2.45, 2.75) is 17.7 Å². The van der Waals surface area contributed by atoms with Gasteiger partial charge < -0.3 is 4.90 Å². The summed E-state index contributed by atoms with van der Waals surface area (Å²) in [6.45, 7) is 1.65. The summed E-state index contributed by atoms with van der Waals surface area (Å²) >= 11 is 9.20. The quantitative estimate of drug-likeness (QED) is 0.739. The molecule has 0 bridgehead atoms. The van der Waals surface area contributed by atoms with Gasteiger partial charge in [-0.3, -0.25) is 0 Å². The van der Waals surface area contributed by atoms with Crippen LogP contribution in [0.2, 0.25) is 5.02 Å². The van der Waals surface area contributed by atoms with E-state index in [-0.39, 0.29) is 5.82 Å². The van der Waals surface area contributed by atoms with E-state index in [1.54, 1.807) is 0 Å². The number of nitrogens with zero attached hydrogens (tertiary/aromatic N) is 2. The Morgan fingerprint density at radius 3 is 3.07 bits per heavy atom. The molecular weight excluding hydrogens is 282 g/mol. The molecule has 15 heavy (non-hydrogen) atoms. The van der Waals surface area contributed by atoms with E-state index >= 15 is 0 Å². The average molecular weight is 294 g/mol. The smallest absolute Gasteiger partial charge is 0.167 e. The molecule has 2 heterocycles. The van der Waals surface area contributed by atoms with Gasteiger partial charge >= 0.3 is 0 Å². The molecule has 2 rings (SSSR count). The molecule has 1 aromatic heterocycles. The van der Waals surface area contributed by atoms with Crippen LogP contribution in [0.25, 0.3) is 0 Å². The monoisotopic (exact) mass is 292 g/mol. The molecule has 82 valence electrons. The highest BCUT2D eigenvalue weighted by Gasteiger charge is 2.21. The Morgan fingerprint density at radius 2 is 2.40 bits per heavy atom. The van der Waals surface area contributed by atoms with E-state index in [9.17, 15) is 4.39 Å². The normalized spacial score (nSPS) is 21.8. The van der Waals surface area contributed by atoms with Crippen molar-refractivity contribution < 1.29 is 4.39 Å². The third kappa shape index (κ3) is 2.61. The van der Waals surface area contributed by atoms with Crippen LogP contribution in [-0.2, 0) is 0 Å². The molecule has 1 fully saturated rings. The van der Waals surface area contributed by atoms with Crippen LogP contribution < -0.4 is 4.90 Å². The zero-order valence-corrected chi connectivity index (χ0v) is 10.4. The van der Waals surface area contributed by atoms with Gasteiger partial charge in [-0.25, -0.2) is 9.37 Å². The fourth-order valence-electron chi connectivity index (χ4n) is 1.76. The van der Waals surface area contributed by atoms with Gasteiger partial charge in [0.2, 0.25) is 0 Å². The van der Waals surface area contributed by atoms with Gasteiger partial charge in [0.25, 0.3) is 0 Å². The molecule has 1 unspecified atom stereocenters. The summed E-state index contributed by atoms with van der Waals surface area (Å²) < 4.78 is 13.6. The summed E-state index contributed by atoms with van der Waals surface area (Å²) in [6, 6.07) is 1.31. The van der Waals surface area contributed by atoms with Gasteiger partial charge in [0.15, 0.2) is 11.6 Å². The SMILES string of the molecule is Fc1cc(Cl)cnc1N1CCCC(Br)C1. The second kappa shape index (κ2) is 4.66. The number of alkyl halides is 1. The Bertz CT molecular complexity index is 361. The highest BCUT2D eigenvalue weighted by Crippen LogP contribution is 2.25. The second-order valence-corrected chi connectivity index (χ2v) is 5.38. The number of aromatic nitrogens is 1. The van der Waals surface area contributed by atoms with Gasteiger partial charge in [0, 0.05) is 24.1 Å². The Balaban J connectivity index is 2.21. The van der Waals surface area contributed by atoms with Gasteiger partial charge in [-0.15, -0.1) is 0 Å². The maximum atomic E-state index is 13.6. The van der Waals surface area contributed by atoms with Gasteiger partial charge in [-0.1, -0.05) is 27.5 Å². The number of hydrogen-bond acceptors (Lipinski definition) is 2. The molecule has 1 atom stereocenters. The minimum absolute atomic E-state index is 0.337. The molecule has 0 amide bonds. The van der Waals surface area contributed by atoms with E-state index < -0.39 is 0 Å². The summed E-state index contributed by atoms with van der Waals surface area (Å²) in [5.41, 5.74) is 0. The fourth-order valence-corrected chi connectivity index (χ4v) is 2.58. The third-order valence-electron chi connectivity index (χ3n) is 2.45. The van der Waals surface area contributed by atoms with Crippen molar-refractivity contribution in [2.75, 3.05) is 18.0 Å². The van der Waals surface area contributed by atoms with Crippen molar-refractivity contribution in [3.63, 3.8) is 0 Å². The molecule has 1 aliphatic heterocycles. The maximum Gasteiger partial charge on any atom is 0.167 e. The van der Waals surface area contributed by atoms with Gasteiger partial charge in [0.05, 0.1) is 5.02 Å². The summed E-state index contributed by atoms with van der Waals surface area (Å²) in [6.07, 6.45) is 3.67. The Kier molecular flexibility index (Phi) is 3.46. The standard InChI is InChI=1S/C10H11BrClFN2/c11-7-2-1-3-15(6-7)10-9(13)4-8(12)5-14-10/h4-5,7H,1-3,6H2. The molecule has 2 nitrogen and oxygen atoms in total. The van der Waals surface area contributed by atoms with Crippen LogP contribution in [-0.4, -0.2) is 22.9 Å². The minimum atomic E-state index is -0.343. The van der Waals surface area contributed by atoms with Crippen molar-refractivity contribution in [3.8, 4) is 0 Å². The first-order valence-electron chi connectivity index (χ1n) is 4.87. The lowest BCUT2D eigenvalue weighted by Crippen LogP contribution is -2.36. The maximum absolute atomic E-state index is 13.6. The van der Waals surface area contributed by atoms with E-state index in [0.29, 0.717) is 15.7 Å². The molecule has 1 aliphatic rings. The first-order chi connectivity index (χ1) is 7.16. The van der Waals surface area contributed by atoms with Crippen LogP contribution >= 0.6 is 27.5 Å². The average Bonchev–Trinajstić information content (AvgIpc) is 2.17. The van der Waals surface area contributed by atoms with Crippen LogP contribution in [0, 0.1) is 5.82 Å². The predicted octanol–water partition coefficient (Wildman–Crippen LogP) is 3.24. The van der Waals surface area contributed by atoms with Gasteiger partial charge in [-0.05, 0) is 18.9 Å². The molecule has 0 aliphatic carbocycles. The molecule has 0 saturated carbocycles. The first-order valence-corrected chi connectivity index (χ1v) is 6.16. The summed E-state index contributed by atoms with van der Waals surface area (Å²) in [5.74, 6) is 0.0626. The number of halogens is 3. The zero-order chi connectivity index (χ0) is 10.8. The van der Waals surface area contributed by atoms with Gasteiger partial charge in [0.1, 0.15) is 0 Å². The molecule has 0 spiro atoms. The number of rotatable bonds is 1. The van der Waals surface area contributed by atoms with E-state index in [0.717, 1.165) is 25.9 Å². The van der Waals surface area contributed by atoms with Crippen LogP contribution in [0.5, 0.6) is 0 Å². The molecule has 0 radical (unpaired) electrons. The number of piperidine rings is 1.